The molecule has 1 aliphatic rings. The van der Waals surface area contributed by atoms with Gasteiger partial charge < -0.3 is 15.2 Å². The SMILES string of the molecule is CC(N)C(OC1CCOCC1)C(C)(C)C. The molecule has 1 saturated heterocycles. The highest BCUT2D eigenvalue weighted by Gasteiger charge is 2.31. The first-order valence-electron chi connectivity index (χ1n) is 5.90. The number of hydrogen-bond acceptors (Lipinski definition) is 3. The Morgan fingerprint density at radius 2 is 1.80 bits per heavy atom. The molecule has 0 bridgehead atoms. The minimum atomic E-state index is 0.0767. The van der Waals surface area contributed by atoms with E-state index in [2.05, 4.69) is 20.8 Å². The number of rotatable bonds is 3. The Morgan fingerprint density at radius 3 is 2.20 bits per heavy atom. The van der Waals surface area contributed by atoms with Crippen LogP contribution in [0.5, 0.6) is 0 Å². The molecule has 0 radical (unpaired) electrons. The van der Waals surface area contributed by atoms with Crippen LogP contribution in [0.1, 0.15) is 40.5 Å². The highest BCUT2D eigenvalue weighted by atomic mass is 16.5. The van der Waals surface area contributed by atoms with Crippen LogP contribution in [-0.4, -0.2) is 31.5 Å². The largest absolute Gasteiger partial charge is 0.381 e. The second kappa shape index (κ2) is 5.28. The molecule has 2 N–H and O–H groups in total. The summed E-state index contributed by atoms with van der Waals surface area (Å²) in [6.45, 7) is 10.2. The predicted octanol–water partition coefficient (Wildman–Crippen LogP) is 1.94. The lowest BCUT2D eigenvalue weighted by Crippen LogP contribution is -2.46. The van der Waals surface area contributed by atoms with Crippen molar-refractivity contribution in [1.29, 1.82) is 0 Å². The smallest absolute Gasteiger partial charge is 0.0775 e. The predicted molar refractivity (Wildman–Crippen MR) is 61.8 cm³/mol. The van der Waals surface area contributed by atoms with E-state index < -0.39 is 0 Å². The van der Waals surface area contributed by atoms with E-state index in [0.717, 1.165) is 26.1 Å². The molecule has 2 unspecified atom stereocenters. The standard InChI is InChI=1S/C12H25NO2/c1-9(13)11(12(2,3)4)15-10-5-7-14-8-6-10/h9-11H,5-8,13H2,1-4H3. The van der Waals surface area contributed by atoms with Crippen molar-refractivity contribution in [2.24, 2.45) is 11.1 Å². The molecule has 1 aliphatic heterocycles. The summed E-state index contributed by atoms with van der Waals surface area (Å²) in [5.41, 5.74) is 6.09. The van der Waals surface area contributed by atoms with E-state index >= 15 is 0 Å². The molecule has 15 heavy (non-hydrogen) atoms. The van der Waals surface area contributed by atoms with Crippen molar-refractivity contribution in [3.8, 4) is 0 Å². The molecule has 0 aromatic carbocycles. The molecule has 1 heterocycles. The minimum Gasteiger partial charge on any atom is -0.381 e. The van der Waals surface area contributed by atoms with Gasteiger partial charge in [0.1, 0.15) is 0 Å². The lowest BCUT2D eigenvalue weighted by Gasteiger charge is -2.37. The van der Waals surface area contributed by atoms with Crippen molar-refractivity contribution in [3.63, 3.8) is 0 Å². The molecule has 90 valence electrons. The van der Waals surface area contributed by atoms with Crippen molar-refractivity contribution >= 4 is 0 Å². The maximum Gasteiger partial charge on any atom is 0.0775 e. The average molecular weight is 215 g/mol. The van der Waals surface area contributed by atoms with Gasteiger partial charge in [0.2, 0.25) is 0 Å². The summed E-state index contributed by atoms with van der Waals surface area (Å²) in [4.78, 5) is 0. The molecule has 0 aliphatic carbocycles. The van der Waals surface area contributed by atoms with E-state index in [4.69, 9.17) is 15.2 Å². The molecule has 2 atom stereocenters. The summed E-state index contributed by atoms with van der Waals surface area (Å²) >= 11 is 0. The maximum atomic E-state index is 6.11. The third-order valence-electron chi connectivity index (χ3n) is 2.84. The van der Waals surface area contributed by atoms with Gasteiger partial charge in [0.15, 0.2) is 0 Å². The Morgan fingerprint density at radius 1 is 1.27 bits per heavy atom. The van der Waals surface area contributed by atoms with Gasteiger partial charge in [-0.05, 0) is 25.2 Å². The zero-order valence-electron chi connectivity index (χ0n) is 10.5. The van der Waals surface area contributed by atoms with Crippen LogP contribution >= 0.6 is 0 Å². The minimum absolute atomic E-state index is 0.0767. The van der Waals surface area contributed by atoms with Crippen molar-refractivity contribution in [2.75, 3.05) is 13.2 Å². The lowest BCUT2D eigenvalue weighted by molar-refractivity contribution is -0.109. The van der Waals surface area contributed by atoms with Crippen LogP contribution in [0.2, 0.25) is 0 Å². The van der Waals surface area contributed by atoms with E-state index in [1.165, 1.54) is 0 Å². The molecule has 3 nitrogen and oxygen atoms in total. The third-order valence-corrected chi connectivity index (χ3v) is 2.84. The summed E-state index contributed by atoms with van der Waals surface area (Å²) < 4.78 is 11.4. The second-order valence-electron chi connectivity index (χ2n) is 5.59. The van der Waals surface area contributed by atoms with Crippen LogP contribution in [0.25, 0.3) is 0 Å². The fraction of sp³-hybridized carbons (Fsp3) is 1.00. The van der Waals surface area contributed by atoms with Crippen LogP contribution in [0, 0.1) is 5.41 Å². The van der Waals surface area contributed by atoms with Gasteiger partial charge in [0.25, 0.3) is 0 Å². The van der Waals surface area contributed by atoms with Gasteiger partial charge in [0.05, 0.1) is 12.2 Å². The molecule has 0 spiro atoms. The molecule has 0 aromatic heterocycles. The molecular weight excluding hydrogens is 190 g/mol. The monoisotopic (exact) mass is 215 g/mol. The summed E-state index contributed by atoms with van der Waals surface area (Å²) in [6.07, 6.45) is 2.45. The Hall–Kier alpha value is -0.120. The number of nitrogens with two attached hydrogens (primary N) is 1. The van der Waals surface area contributed by atoms with E-state index in [1.807, 2.05) is 6.92 Å². The molecular formula is C12H25NO2. The molecule has 0 aromatic rings. The van der Waals surface area contributed by atoms with Crippen LogP contribution in [0.3, 0.4) is 0 Å². The lowest BCUT2D eigenvalue weighted by atomic mass is 9.85. The molecule has 1 fully saturated rings. The summed E-state index contributed by atoms with van der Waals surface area (Å²) in [6, 6.07) is 0.0767. The first-order chi connectivity index (χ1) is 6.91. The number of ether oxygens (including phenoxy) is 2. The Balaban J connectivity index is 2.50. The van der Waals surface area contributed by atoms with E-state index in [9.17, 15) is 0 Å². The molecule has 0 amide bonds. The van der Waals surface area contributed by atoms with Crippen LogP contribution in [0.15, 0.2) is 0 Å². The van der Waals surface area contributed by atoms with Crippen molar-refractivity contribution in [1.82, 2.24) is 0 Å². The van der Waals surface area contributed by atoms with Crippen LogP contribution < -0.4 is 5.73 Å². The van der Waals surface area contributed by atoms with Crippen molar-refractivity contribution in [2.45, 2.75) is 58.8 Å². The normalized spacial score (nSPS) is 23.8. The zero-order valence-corrected chi connectivity index (χ0v) is 10.5. The molecule has 3 heteroatoms. The Labute approximate surface area is 93.3 Å². The first kappa shape index (κ1) is 12.9. The third kappa shape index (κ3) is 4.09. The fourth-order valence-electron chi connectivity index (χ4n) is 2.14. The quantitative estimate of drug-likeness (QED) is 0.782. The van der Waals surface area contributed by atoms with Gasteiger partial charge in [-0.25, -0.2) is 0 Å². The molecule has 1 rings (SSSR count). The summed E-state index contributed by atoms with van der Waals surface area (Å²) in [5, 5.41) is 0. The van der Waals surface area contributed by atoms with Gasteiger partial charge >= 0.3 is 0 Å². The van der Waals surface area contributed by atoms with Crippen LogP contribution in [0.4, 0.5) is 0 Å². The van der Waals surface area contributed by atoms with Crippen LogP contribution in [-0.2, 0) is 9.47 Å². The van der Waals surface area contributed by atoms with Gasteiger partial charge in [-0.3, -0.25) is 0 Å². The highest BCUT2D eigenvalue weighted by molar-refractivity contribution is 4.83. The highest BCUT2D eigenvalue weighted by Crippen LogP contribution is 2.27. The topological polar surface area (TPSA) is 44.5 Å². The first-order valence-corrected chi connectivity index (χ1v) is 5.90. The number of hydrogen-bond donors (Lipinski definition) is 1. The fourth-order valence-corrected chi connectivity index (χ4v) is 2.14. The van der Waals surface area contributed by atoms with Gasteiger partial charge in [0, 0.05) is 19.3 Å². The van der Waals surface area contributed by atoms with E-state index in [1.54, 1.807) is 0 Å². The average Bonchev–Trinajstić information content (AvgIpc) is 2.13. The van der Waals surface area contributed by atoms with Crippen molar-refractivity contribution in [3.05, 3.63) is 0 Å². The summed E-state index contributed by atoms with van der Waals surface area (Å²) in [5.74, 6) is 0. The van der Waals surface area contributed by atoms with Crippen molar-refractivity contribution < 1.29 is 9.47 Å². The van der Waals surface area contributed by atoms with E-state index in [0.29, 0.717) is 6.10 Å². The van der Waals surface area contributed by atoms with Gasteiger partial charge in [-0.2, -0.15) is 0 Å². The van der Waals surface area contributed by atoms with E-state index in [-0.39, 0.29) is 17.6 Å². The second-order valence-corrected chi connectivity index (χ2v) is 5.59. The zero-order chi connectivity index (χ0) is 11.5. The molecule has 0 saturated carbocycles. The summed E-state index contributed by atoms with van der Waals surface area (Å²) in [7, 11) is 0. The van der Waals surface area contributed by atoms with Gasteiger partial charge in [-0.1, -0.05) is 20.8 Å². The van der Waals surface area contributed by atoms with Gasteiger partial charge in [-0.15, -0.1) is 0 Å². The Kier molecular flexibility index (Phi) is 4.56. The Bertz CT molecular complexity index is 181. The maximum absolute atomic E-state index is 6.11.